The highest BCUT2D eigenvalue weighted by Gasteiger charge is 2.09. The number of rotatable bonds is 6. The molecule has 0 N–H and O–H groups in total. The highest BCUT2D eigenvalue weighted by Crippen LogP contribution is 2.25. The largest absolute Gasteiger partial charge is 0.514 e. The molecule has 4 nitrogen and oxygen atoms in total. The standard InChI is InChI=1S/C22H20O4/c1-17-12-13-20(14-21(17)24-15-18-8-4-2-5-9-18)26-22(23)25-16-19-10-6-3-7-11-19/h2-14H,15-16H2,1H3. The lowest BCUT2D eigenvalue weighted by Gasteiger charge is -2.11. The molecule has 0 spiro atoms. The van der Waals surface area contributed by atoms with E-state index in [-0.39, 0.29) is 6.61 Å². The van der Waals surface area contributed by atoms with E-state index >= 15 is 0 Å². The zero-order valence-corrected chi connectivity index (χ0v) is 14.6. The number of aryl methyl sites for hydroxylation is 1. The number of carbonyl (C=O) groups is 1. The number of hydrogen-bond donors (Lipinski definition) is 0. The molecule has 0 atom stereocenters. The highest BCUT2D eigenvalue weighted by molar-refractivity contribution is 5.64. The van der Waals surface area contributed by atoms with Crippen LogP contribution in [0.15, 0.2) is 78.9 Å². The molecule has 3 rings (SSSR count). The number of benzene rings is 3. The van der Waals surface area contributed by atoms with Gasteiger partial charge in [0.2, 0.25) is 0 Å². The third kappa shape index (κ3) is 5.11. The average Bonchev–Trinajstić information content (AvgIpc) is 2.68. The third-order valence-corrected chi connectivity index (χ3v) is 3.80. The maximum Gasteiger partial charge on any atom is 0.514 e. The van der Waals surface area contributed by atoms with Crippen LogP contribution in [0.3, 0.4) is 0 Å². The first-order chi connectivity index (χ1) is 12.7. The molecule has 4 heteroatoms. The molecule has 26 heavy (non-hydrogen) atoms. The lowest BCUT2D eigenvalue weighted by atomic mass is 10.2. The molecule has 0 aromatic heterocycles. The lowest BCUT2D eigenvalue weighted by Crippen LogP contribution is -2.10. The summed E-state index contributed by atoms with van der Waals surface area (Å²) in [6, 6.07) is 24.6. The van der Waals surface area contributed by atoms with Crippen molar-refractivity contribution in [2.45, 2.75) is 20.1 Å². The van der Waals surface area contributed by atoms with Crippen molar-refractivity contribution in [3.05, 3.63) is 95.6 Å². The maximum atomic E-state index is 11.9. The average molecular weight is 348 g/mol. The molecule has 0 heterocycles. The van der Waals surface area contributed by atoms with Crippen molar-refractivity contribution < 1.29 is 19.0 Å². The van der Waals surface area contributed by atoms with E-state index in [9.17, 15) is 4.79 Å². The van der Waals surface area contributed by atoms with Gasteiger partial charge in [-0.05, 0) is 29.7 Å². The maximum absolute atomic E-state index is 11.9. The summed E-state index contributed by atoms with van der Waals surface area (Å²) in [6.45, 7) is 2.56. The van der Waals surface area contributed by atoms with E-state index in [0.717, 1.165) is 16.7 Å². The van der Waals surface area contributed by atoms with Crippen LogP contribution in [-0.4, -0.2) is 6.16 Å². The van der Waals surface area contributed by atoms with Crippen LogP contribution < -0.4 is 9.47 Å². The van der Waals surface area contributed by atoms with Crippen molar-refractivity contribution in [2.75, 3.05) is 0 Å². The van der Waals surface area contributed by atoms with Gasteiger partial charge >= 0.3 is 6.16 Å². The fraction of sp³-hybridized carbons (Fsp3) is 0.136. The van der Waals surface area contributed by atoms with Gasteiger partial charge in [0.15, 0.2) is 0 Å². The second-order valence-electron chi connectivity index (χ2n) is 5.83. The minimum absolute atomic E-state index is 0.170. The Kier molecular flexibility index (Phi) is 5.88. The predicted molar refractivity (Wildman–Crippen MR) is 99.2 cm³/mol. The lowest BCUT2D eigenvalue weighted by molar-refractivity contribution is 0.0926. The molecule has 3 aromatic carbocycles. The van der Waals surface area contributed by atoms with E-state index in [0.29, 0.717) is 18.1 Å². The first kappa shape index (κ1) is 17.5. The molecule has 0 bridgehead atoms. The monoisotopic (exact) mass is 348 g/mol. The molecule has 0 fully saturated rings. The molecule has 0 unspecified atom stereocenters. The fourth-order valence-corrected chi connectivity index (χ4v) is 2.38. The summed E-state index contributed by atoms with van der Waals surface area (Å²) in [7, 11) is 0. The Labute approximate surface area is 153 Å². The Bertz CT molecular complexity index is 845. The number of carbonyl (C=O) groups excluding carboxylic acids is 1. The number of ether oxygens (including phenoxy) is 3. The minimum atomic E-state index is -0.744. The quantitative estimate of drug-likeness (QED) is 0.448. The van der Waals surface area contributed by atoms with Crippen molar-refractivity contribution in [3.8, 4) is 11.5 Å². The molecule has 0 aliphatic heterocycles. The summed E-state index contributed by atoms with van der Waals surface area (Å²) in [4.78, 5) is 11.9. The van der Waals surface area contributed by atoms with Gasteiger partial charge in [-0.25, -0.2) is 4.79 Å². The first-order valence-electron chi connectivity index (χ1n) is 8.36. The second kappa shape index (κ2) is 8.72. The summed E-state index contributed by atoms with van der Waals surface area (Å²) < 4.78 is 16.2. The van der Waals surface area contributed by atoms with Crippen LogP contribution in [0.25, 0.3) is 0 Å². The van der Waals surface area contributed by atoms with Gasteiger partial charge in [0, 0.05) is 6.07 Å². The van der Waals surface area contributed by atoms with Crippen LogP contribution >= 0.6 is 0 Å². The van der Waals surface area contributed by atoms with Crippen LogP contribution in [0.5, 0.6) is 11.5 Å². The van der Waals surface area contributed by atoms with Crippen LogP contribution in [0.2, 0.25) is 0 Å². The van der Waals surface area contributed by atoms with E-state index in [1.165, 1.54) is 0 Å². The van der Waals surface area contributed by atoms with Crippen molar-refractivity contribution >= 4 is 6.16 Å². The summed E-state index contributed by atoms with van der Waals surface area (Å²) in [6.07, 6.45) is -0.744. The third-order valence-electron chi connectivity index (χ3n) is 3.80. The summed E-state index contributed by atoms with van der Waals surface area (Å²) in [5.41, 5.74) is 2.94. The number of hydrogen-bond acceptors (Lipinski definition) is 4. The van der Waals surface area contributed by atoms with Crippen molar-refractivity contribution in [1.82, 2.24) is 0 Å². The van der Waals surface area contributed by atoms with Crippen molar-refractivity contribution in [3.63, 3.8) is 0 Å². The van der Waals surface area contributed by atoms with E-state index in [1.807, 2.05) is 73.7 Å². The molecule has 0 saturated heterocycles. The Morgan fingerprint density at radius 1 is 0.808 bits per heavy atom. The molecular weight excluding hydrogens is 328 g/mol. The fourth-order valence-electron chi connectivity index (χ4n) is 2.38. The van der Waals surface area contributed by atoms with Crippen LogP contribution in [0, 0.1) is 6.92 Å². The van der Waals surface area contributed by atoms with Crippen LogP contribution in [0.4, 0.5) is 4.79 Å². The molecular formula is C22H20O4. The van der Waals surface area contributed by atoms with E-state index in [4.69, 9.17) is 14.2 Å². The van der Waals surface area contributed by atoms with Gasteiger partial charge in [-0.2, -0.15) is 0 Å². The molecule has 0 aliphatic rings. The van der Waals surface area contributed by atoms with Crippen LogP contribution in [0.1, 0.15) is 16.7 Å². The zero-order valence-electron chi connectivity index (χ0n) is 14.6. The van der Waals surface area contributed by atoms with Gasteiger partial charge in [-0.1, -0.05) is 66.7 Å². The first-order valence-corrected chi connectivity index (χ1v) is 8.36. The normalized spacial score (nSPS) is 10.2. The topological polar surface area (TPSA) is 44.8 Å². The van der Waals surface area contributed by atoms with Gasteiger partial charge in [0.25, 0.3) is 0 Å². The Balaban J connectivity index is 1.57. The summed E-state index contributed by atoms with van der Waals surface area (Å²) in [5.74, 6) is 1.05. The summed E-state index contributed by atoms with van der Waals surface area (Å²) >= 11 is 0. The SMILES string of the molecule is Cc1ccc(OC(=O)OCc2ccccc2)cc1OCc1ccccc1. The Morgan fingerprint density at radius 2 is 1.42 bits per heavy atom. The molecule has 0 amide bonds. The predicted octanol–water partition coefficient (Wildman–Crippen LogP) is 5.29. The van der Waals surface area contributed by atoms with E-state index in [2.05, 4.69) is 0 Å². The molecule has 0 aliphatic carbocycles. The smallest absolute Gasteiger partial charge is 0.488 e. The van der Waals surface area contributed by atoms with E-state index in [1.54, 1.807) is 12.1 Å². The van der Waals surface area contributed by atoms with Gasteiger partial charge < -0.3 is 14.2 Å². The molecule has 3 aromatic rings. The van der Waals surface area contributed by atoms with Gasteiger partial charge in [-0.15, -0.1) is 0 Å². The highest BCUT2D eigenvalue weighted by atomic mass is 16.7. The summed E-state index contributed by atoms with van der Waals surface area (Å²) in [5, 5.41) is 0. The van der Waals surface area contributed by atoms with E-state index < -0.39 is 6.16 Å². The molecule has 0 radical (unpaired) electrons. The molecule has 132 valence electrons. The minimum Gasteiger partial charge on any atom is -0.488 e. The van der Waals surface area contributed by atoms with Gasteiger partial charge in [0.05, 0.1) is 0 Å². The van der Waals surface area contributed by atoms with Gasteiger partial charge in [-0.3, -0.25) is 0 Å². The van der Waals surface area contributed by atoms with Gasteiger partial charge in [0.1, 0.15) is 24.7 Å². The second-order valence-corrected chi connectivity index (χ2v) is 5.83. The zero-order chi connectivity index (χ0) is 18.2. The Hall–Kier alpha value is -3.27. The molecule has 0 saturated carbocycles. The van der Waals surface area contributed by atoms with Crippen LogP contribution in [-0.2, 0) is 18.0 Å². The van der Waals surface area contributed by atoms with Crippen molar-refractivity contribution in [2.24, 2.45) is 0 Å². The Morgan fingerprint density at radius 3 is 2.08 bits per heavy atom. The van der Waals surface area contributed by atoms with Crippen molar-refractivity contribution in [1.29, 1.82) is 0 Å².